The average molecular weight is 432 g/mol. The fraction of sp³-hybridized carbons (Fsp3) is 0.476. The predicted octanol–water partition coefficient (Wildman–Crippen LogP) is 3.39. The van der Waals surface area contributed by atoms with Gasteiger partial charge >= 0.3 is 0 Å². The molecule has 8 heteroatoms. The van der Waals surface area contributed by atoms with Gasteiger partial charge < -0.3 is 4.90 Å². The summed E-state index contributed by atoms with van der Waals surface area (Å²) in [4.78, 5) is 42.0. The molecule has 2 aromatic heterocycles. The summed E-state index contributed by atoms with van der Waals surface area (Å²) in [6.07, 6.45) is 7.14. The Kier molecular flexibility index (Phi) is 6.30. The van der Waals surface area contributed by atoms with Crippen LogP contribution in [0.5, 0.6) is 0 Å². The highest BCUT2D eigenvalue weighted by atomic mass is 32.1. The lowest BCUT2D eigenvalue weighted by molar-refractivity contribution is -0.127. The molecule has 4 rings (SSSR count). The van der Waals surface area contributed by atoms with Crippen LogP contribution in [-0.4, -0.2) is 35.7 Å². The van der Waals surface area contributed by atoms with Gasteiger partial charge in [-0.15, -0.1) is 22.7 Å². The normalized spacial score (nSPS) is 19.2. The summed E-state index contributed by atoms with van der Waals surface area (Å²) < 4.78 is 0. The summed E-state index contributed by atoms with van der Waals surface area (Å²) in [6.45, 7) is 1.04. The van der Waals surface area contributed by atoms with E-state index in [1.165, 1.54) is 52.4 Å². The Morgan fingerprint density at radius 2 is 1.90 bits per heavy atom. The van der Waals surface area contributed by atoms with Crippen LogP contribution in [0.25, 0.3) is 0 Å². The van der Waals surface area contributed by atoms with Crippen LogP contribution in [0.1, 0.15) is 61.9 Å². The van der Waals surface area contributed by atoms with Gasteiger partial charge in [-0.25, -0.2) is 0 Å². The SMILES string of the molecule is O=C(NNC(=O)C1CCCN(C(=O)c2cccs2)C1)c1cc2c(s1)CCCCC2. The van der Waals surface area contributed by atoms with E-state index in [-0.39, 0.29) is 23.6 Å². The lowest BCUT2D eigenvalue weighted by Gasteiger charge is -2.31. The molecule has 1 atom stereocenters. The maximum absolute atomic E-state index is 12.6. The highest BCUT2D eigenvalue weighted by molar-refractivity contribution is 7.14. The molecular formula is C21H25N3O3S2. The zero-order valence-corrected chi connectivity index (χ0v) is 17.9. The second-order valence-corrected chi connectivity index (χ2v) is 9.72. The van der Waals surface area contributed by atoms with E-state index >= 15 is 0 Å². The Balaban J connectivity index is 1.31. The molecule has 0 radical (unpaired) electrons. The van der Waals surface area contributed by atoms with E-state index in [2.05, 4.69) is 10.9 Å². The van der Waals surface area contributed by atoms with E-state index in [0.717, 1.165) is 19.3 Å². The quantitative estimate of drug-likeness (QED) is 0.578. The van der Waals surface area contributed by atoms with Crippen LogP contribution < -0.4 is 10.9 Å². The molecule has 29 heavy (non-hydrogen) atoms. The number of hydrazine groups is 1. The minimum absolute atomic E-state index is 0.0263. The van der Waals surface area contributed by atoms with Gasteiger partial charge in [-0.2, -0.15) is 0 Å². The van der Waals surface area contributed by atoms with Gasteiger partial charge in [0.05, 0.1) is 15.7 Å². The molecule has 0 spiro atoms. The lowest BCUT2D eigenvalue weighted by atomic mass is 9.97. The van der Waals surface area contributed by atoms with Crippen molar-refractivity contribution in [1.29, 1.82) is 0 Å². The van der Waals surface area contributed by atoms with Gasteiger partial charge in [0.15, 0.2) is 0 Å². The maximum atomic E-state index is 12.6. The summed E-state index contributed by atoms with van der Waals surface area (Å²) in [6, 6.07) is 5.63. The highest BCUT2D eigenvalue weighted by Crippen LogP contribution is 2.29. The molecule has 1 unspecified atom stereocenters. The Hall–Kier alpha value is -2.19. The fourth-order valence-electron chi connectivity index (χ4n) is 3.99. The topological polar surface area (TPSA) is 78.5 Å². The Morgan fingerprint density at radius 3 is 2.72 bits per heavy atom. The van der Waals surface area contributed by atoms with Crippen molar-refractivity contribution >= 4 is 40.4 Å². The van der Waals surface area contributed by atoms with Gasteiger partial charge in [-0.05, 0) is 61.6 Å². The van der Waals surface area contributed by atoms with Gasteiger partial charge in [0.2, 0.25) is 5.91 Å². The minimum atomic E-state index is -0.312. The van der Waals surface area contributed by atoms with Crippen LogP contribution in [0.4, 0.5) is 0 Å². The van der Waals surface area contributed by atoms with E-state index in [1.54, 1.807) is 11.0 Å². The summed E-state index contributed by atoms with van der Waals surface area (Å²) in [5.74, 6) is -0.839. The van der Waals surface area contributed by atoms with Crippen molar-refractivity contribution in [2.45, 2.75) is 44.9 Å². The van der Waals surface area contributed by atoms with Crippen molar-refractivity contribution in [3.63, 3.8) is 0 Å². The van der Waals surface area contributed by atoms with Crippen molar-refractivity contribution in [2.75, 3.05) is 13.1 Å². The molecule has 1 aliphatic heterocycles. The van der Waals surface area contributed by atoms with Crippen molar-refractivity contribution in [3.05, 3.63) is 43.8 Å². The van der Waals surface area contributed by atoms with Crippen LogP contribution in [0.3, 0.4) is 0 Å². The molecular weight excluding hydrogens is 406 g/mol. The number of nitrogens with zero attached hydrogens (tertiary/aromatic N) is 1. The number of hydrogen-bond donors (Lipinski definition) is 2. The Bertz CT molecular complexity index is 868. The number of fused-ring (bicyclic) bond motifs is 1. The highest BCUT2D eigenvalue weighted by Gasteiger charge is 2.29. The molecule has 0 bridgehead atoms. The smallest absolute Gasteiger partial charge is 0.279 e. The molecule has 0 saturated carbocycles. The van der Waals surface area contributed by atoms with Crippen molar-refractivity contribution in [1.82, 2.24) is 15.8 Å². The van der Waals surface area contributed by atoms with Crippen LogP contribution in [0.2, 0.25) is 0 Å². The van der Waals surface area contributed by atoms with E-state index < -0.39 is 0 Å². The fourth-order valence-corrected chi connectivity index (χ4v) is 5.83. The van der Waals surface area contributed by atoms with Gasteiger partial charge in [-0.3, -0.25) is 25.2 Å². The van der Waals surface area contributed by atoms with Crippen LogP contribution in [-0.2, 0) is 17.6 Å². The molecule has 0 aromatic carbocycles. The summed E-state index contributed by atoms with van der Waals surface area (Å²) >= 11 is 2.94. The minimum Gasteiger partial charge on any atom is -0.337 e. The zero-order chi connectivity index (χ0) is 20.2. The van der Waals surface area contributed by atoms with Crippen molar-refractivity contribution < 1.29 is 14.4 Å². The van der Waals surface area contributed by atoms with Crippen LogP contribution in [0, 0.1) is 5.92 Å². The first-order valence-corrected chi connectivity index (χ1v) is 11.9. The number of rotatable bonds is 3. The largest absolute Gasteiger partial charge is 0.337 e. The predicted molar refractivity (Wildman–Crippen MR) is 114 cm³/mol. The number of likely N-dealkylation sites (tertiary alicyclic amines) is 1. The van der Waals surface area contributed by atoms with E-state index in [0.29, 0.717) is 29.3 Å². The number of carbonyl (C=O) groups is 3. The second kappa shape index (κ2) is 9.09. The number of aryl methyl sites for hydroxylation is 2. The van der Waals surface area contributed by atoms with Crippen LogP contribution in [0.15, 0.2) is 23.6 Å². The van der Waals surface area contributed by atoms with Gasteiger partial charge in [0.25, 0.3) is 11.8 Å². The summed E-state index contributed by atoms with van der Waals surface area (Å²) in [5.41, 5.74) is 6.41. The standard InChI is InChI=1S/C21H25N3O3S2/c25-19(15-7-4-10-24(13-15)21(27)17-9-5-11-28-17)22-23-20(26)18-12-14-6-2-1-3-8-16(14)29-18/h5,9,11-12,15H,1-4,6-8,10,13H2,(H,22,25)(H,23,26). The summed E-state index contributed by atoms with van der Waals surface area (Å²) in [5, 5.41) is 1.88. The number of carbonyl (C=O) groups excluding carboxylic acids is 3. The number of hydrogen-bond acceptors (Lipinski definition) is 5. The molecule has 2 N–H and O–H groups in total. The zero-order valence-electron chi connectivity index (χ0n) is 16.2. The van der Waals surface area contributed by atoms with E-state index in [9.17, 15) is 14.4 Å². The Morgan fingerprint density at radius 1 is 1.03 bits per heavy atom. The van der Waals surface area contributed by atoms with Gasteiger partial charge in [-0.1, -0.05) is 12.5 Å². The monoisotopic (exact) mass is 431 g/mol. The van der Waals surface area contributed by atoms with E-state index in [4.69, 9.17) is 0 Å². The second-order valence-electron chi connectivity index (χ2n) is 7.63. The van der Waals surface area contributed by atoms with Gasteiger partial charge in [0.1, 0.15) is 0 Å². The third kappa shape index (κ3) is 4.70. The Labute approximate surface area is 178 Å². The number of thiophene rings is 2. The number of nitrogens with one attached hydrogen (secondary N) is 2. The molecule has 3 amide bonds. The van der Waals surface area contributed by atoms with Crippen LogP contribution >= 0.6 is 22.7 Å². The van der Waals surface area contributed by atoms with Crippen molar-refractivity contribution in [2.24, 2.45) is 5.92 Å². The average Bonchev–Trinajstić information content (AvgIpc) is 3.37. The first kappa shape index (κ1) is 20.1. The molecule has 6 nitrogen and oxygen atoms in total. The third-order valence-electron chi connectivity index (χ3n) is 5.58. The summed E-state index contributed by atoms with van der Waals surface area (Å²) in [7, 11) is 0. The molecule has 1 aliphatic carbocycles. The molecule has 1 fully saturated rings. The molecule has 3 heterocycles. The molecule has 2 aromatic rings. The van der Waals surface area contributed by atoms with Crippen molar-refractivity contribution in [3.8, 4) is 0 Å². The van der Waals surface area contributed by atoms with Gasteiger partial charge in [0, 0.05) is 18.0 Å². The first-order chi connectivity index (χ1) is 14.1. The molecule has 2 aliphatic rings. The number of piperidine rings is 1. The third-order valence-corrected chi connectivity index (χ3v) is 7.67. The number of amides is 3. The van der Waals surface area contributed by atoms with E-state index in [1.807, 2.05) is 17.5 Å². The maximum Gasteiger partial charge on any atom is 0.279 e. The molecule has 154 valence electrons. The lowest BCUT2D eigenvalue weighted by Crippen LogP contribution is -2.49. The first-order valence-electron chi connectivity index (χ1n) is 10.2. The molecule has 1 saturated heterocycles.